The predicted octanol–water partition coefficient (Wildman–Crippen LogP) is 2.18. The molecule has 16 heavy (non-hydrogen) atoms. The first-order valence-electron chi connectivity index (χ1n) is 5.69. The fraction of sp³-hybridized carbons (Fsp3) is 1.00. The number of hydrogen-bond acceptors (Lipinski definition) is 4. The van der Waals surface area contributed by atoms with E-state index in [2.05, 4.69) is 11.1 Å². The van der Waals surface area contributed by atoms with Crippen LogP contribution in [0.4, 0.5) is 0 Å². The molecular weight excluding hydrogens is 232 g/mol. The van der Waals surface area contributed by atoms with Crippen molar-refractivity contribution in [3.8, 4) is 0 Å². The minimum atomic E-state index is -4.33. The number of rotatable bonds is 10. The first-order valence-corrected chi connectivity index (χ1v) is 7.05. The Morgan fingerprint density at radius 2 is 1.88 bits per heavy atom. The van der Waals surface area contributed by atoms with Crippen molar-refractivity contribution in [3.63, 3.8) is 0 Å². The Morgan fingerprint density at radius 3 is 2.44 bits per heavy atom. The summed E-state index contributed by atoms with van der Waals surface area (Å²) >= 11 is 0. The van der Waals surface area contributed by atoms with Crippen molar-refractivity contribution in [2.75, 3.05) is 13.2 Å². The second-order valence-electron chi connectivity index (χ2n) is 3.78. The normalized spacial score (nSPS) is 13.9. The van der Waals surface area contributed by atoms with E-state index in [1.54, 1.807) is 0 Å². The summed E-state index contributed by atoms with van der Waals surface area (Å²) in [6.07, 6.45) is 5.82. The van der Waals surface area contributed by atoms with E-state index in [9.17, 15) is 8.42 Å². The third-order valence-electron chi connectivity index (χ3n) is 2.18. The summed E-state index contributed by atoms with van der Waals surface area (Å²) in [7, 11) is -4.33. The first kappa shape index (κ1) is 15.8. The van der Waals surface area contributed by atoms with Gasteiger partial charge in [0.1, 0.15) is 0 Å². The molecule has 1 unspecified atom stereocenters. The van der Waals surface area contributed by atoms with E-state index in [0.29, 0.717) is 0 Å². The highest BCUT2D eigenvalue weighted by atomic mass is 32.3. The molecule has 0 saturated heterocycles. The van der Waals surface area contributed by atoms with Crippen molar-refractivity contribution < 1.29 is 21.9 Å². The van der Waals surface area contributed by atoms with Gasteiger partial charge in [0.25, 0.3) is 0 Å². The van der Waals surface area contributed by atoms with Crippen LogP contribution in [0.2, 0.25) is 0 Å². The smallest absolute Gasteiger partial charge is 0.376 e. The summed E-state index contributed by atoms with van der Waals surface area (Å²) in [6.45, 7) is 4.14. The largest absolute Gasteiger partial charge is 0.397 e. The summed E-state index contributed by atoms with van der Waals surface area (Å²) in [5.41, 5.74) is 0. The minimum Gasteiger partial charge on any atom is -0.376 e. The highest BCUT2D eigenvalue weighted by Gasteiger charge is 2.05. The van der Waals surface area contributed by atoms with Crippen LogP contribution in [-0.4, -0.2) is 32.3 Å². The Hall–Kier alpha value is -0.170. The van der Waals surface area contributed by atoms with Crippen LogP contribution in [0.1, 0.15) is 46.0 Å². The van der Waals surface area contributed by atoms with E-state index in [4.69, 9.17) is 9.29 Å². The summed E-state index contributed by atoms with van der Waals surface area (Å²) in [5, 5.41) is 0. The van der Waals surface area contributed by atoms with Crippen molar-refractivity contribution in [1.82, 2.24) is 0 Å². The third kappa shape index (κ3) is 11.9. The van der Waals surface area contributed by atoms with Gasteiger partial charge in [-0.25, -0.2) is 4.18 Å². The molecule has 0 fully saturated rings. The zero-order valence-electron chi connectivity index (χ0n) is 10.0. The predicted molar refractivity (Wildman–Crippen MR) is 61.7 cm³/mol. The molecule has 0 amide bonds. The molecule has 98 valence electrons. The topological polar surface area (TPSA) is 72.8 Å². The lowest BCUT2D eigenvalue weighted by Gasteiger charge is -2.12. The Kier molecular flexibility index (Phi) is 8.83. The van der Waals surface area contributed by atoms with E-state index in [0.717, 1.165) is 12.8 Å². The Balaban J connectivity index is 3.33. The molecule has 0 spiro atoms. The van der Waals surface area contributed by atoms with Crippen LogP contribution >= 0.6 is 0 Å². The Labute approximate surface area is 98.1 Å². The first-order chi connectivity index (χ1) is 7.45. The maximum Gasteiger partial charge on any atom is 0.397 e. The van der Waals surface area contributed by atoms with Gasteiger partial charge in [-0.1, -0.05) is 32.6 Å². The summed E-state index contributed by atoms with van der Waals surface area (Å²) in [6, 6.07) is 0. The van der Waals surface area contributed by atoms with Crippen LogP contribution in [0, 0.1) is 0 Å². The van der Waals surface area contributed by atoms with Crippen molar-refractivity contribution >= 4 is 10.4 Å². The summed E-state index contributed by atoms with van der Waals surface area (Å²) in [4.78, 5) is 0. The number of hydrogen-bond donors (Lipinski definition) is 1. The van der Waals surface area contributed by atoms with E-state index < -0.39 is 10.4 Å². The lowest BCUT2D eigenvalue weighted by molar-refractivity contribution is 0.0374. The van der Waals surface area contributed by atoms with Gasteiger partial charge in [-0.05, 0) is 13.3 Å². The average molecular weight is 254 g/mol. The monoisotopic (exact) mass is 254 g/mol. The van der Waals surface area contributed by atoms with Crippen LogP contribution < -0.4 is 0 Å². The van der Waals surface area contributed by atoms with Crippen LogP contribution in [0.15, 0.2) is 0 Å². The van der Waals surface area contributed by atoms with Gasteiger partial charge in [-0.2, -0.15) is 8.42 Å². The fourth-order valence-corrected chi connectivity index (χ4v) is 1.61. The van der Waals surface area contributed by atoms with E-state index in [1.807, 2.05) is 6.92 Å². The lowest BCUT2D eigenvalue weighted by atomic mass is 10.1. The van der Waals surface area contributed by atoms with Gasteiger partial charge in [-0.15, -0.1) is 0 Å². The molecule has 0 rings (SSSR count). The van der Waals surface area contributed by atoms with Gasteiger partial charge in [0.2, 0.25) is 0 Å². The molecule has 0 heterocycles. The van der Waals surface area contributed by atoms with Crippen LogP contribution in [0.3, 0.4) is 0 Å². The number of ether oxygens (including phenoxy) is 1. The molecule has 0 aliphatic rings. The van der Waals surface area contributed by atoms with Gasteiger partial charge in [0.05, 0.1) is 19.3 Å². The highest BCUT2D eigenvalue weighted by Crippen LogP contribution is 2.07. The second kappa shape index (κ2) is 8.92. The number of unbranched alkanes of at least 4 members (excludes halogenated alkanes) is 3. The van der Waals surface area contributed by atoms with Crippen LogP contribution in [0.5, 0.6) is 0 Å². The van der Waals surface area contributed by atoms with Crippen molar-refractivity contribution in [1.29, 1.82) is 0 Å². The van der Waals surface area contributed by atoms with Crippen molar-refractivity contribution in [2.45, 2.75) is 52.1 Å². The van der Waals surface area contributed by atoms with Gasteiger partial charge in [0, 0.05) is 0 Å². The Bertz CT molecular complexity index is 250. The summed E-state index contributed by atoms with van der Waals surface area (Å²) < 4.78 is 38.1. The van der Waals surface area contributed by atoms with Crippen LogP contribution in [0.25, 0.3) is 0 Å². The maximum atomic E-state index is 10.2. The van der Waals surface area contributed by atoms with Crippen molar-refractivity contribution in [2.24, 2.45) is 0 Å². The molecule has 0 aromatic carbocycles. The zero-order chi connectivity index (χ0) is 12.4. The Morgan fingerprint density at radius 1 is 1.19 bits per heavy atom. The van der Waals surface area contributed by atoms with Crippen molar-refractivity contribution in [3.05, 3.63) is 0 Å². The summed E-state index contributed by atoms with van der Waals surface area (Å²) in [5.74, 6) is 0. The van der Waals surface area contributed by atoms with E-state index in [-0.39, 0.29) is 19.3 Å². The van der Waals surface area contributed by atoms with E-state index in [1.165, 1.54) is 19.3 Å². The molecule has 0 bridgehead atoms. The molecule has 0 aliphatic heterocycles. The zero-order valence-corrected chi connectivity index (χ0v) is 10.8. The average Bonchev–Trinajstić information content (AvgIpc) is 2.18. The van der Waals surface area contributed by atoms with E-state index >= 15 is 0 Å². The highest BCUT2D eigenvalue weighted by molar-refractivity contribution is 7.80. The molecule has 0 radical (unpaired) electrons. The molecule has 1 N–H and O–H groups in total. The molecule has 6 heteroatoms. The fourth-order valence-electron chi connectivity index (χ4n) is 1.33. The minimum absolute atomic E-state index is 0.0989. The molecule has 5 nitrogen and oxygen atoms in total. The third-order valence-corrected chi connectivity index (χ3v) is 2.65. The second-order valence-corrected chi connectivity index (χ2v) is 4.87. The molecule has 0 aromatic rings. The maximum absolute atomic E-state index is 10.2. The van der Waals surface area contributed by atoms with Gasteiger partial charge >= 0.3 is 10.4 Å². The molecule has 0 saturated carbocycles. The molecule has 0 aromatic heterocycles. The van der Waals surface area contributed by atoms with Crippen LogP contribution in [-0.2, 0) is 19.3 Å². The lowest BCUT2D eigenvalue weighted by Crippen LogP contribution is -2.15. The quantitative estimate of drug-likeness (QED) is 0.478. The molecule has 1 atom stereocenters. The SMILES string of the molecule is CCCCCCC(C)OCCOS(=O)(=O)O. The van der Waals surface area contributed by atoms with Gasteiger partial charge < -0.3 is 4.74 Å². The standard InChI is InChI=1S/C10H22O5S/c1-3-4-5-6-7-10(2)14-8-9-15-16(11,12)13/h10H,3-9H2,1-2H3,(H,11,12,13). The molecule has 0 aliphatic carbocycles. The van der Waals surface area contributed by atoms with Gasteiger partial charge in [0.15, 0.2) is 0 Å². The molecular formula is C10H22O5S. The van der Waals surface area contributed by atoms with Gasteiger partial charge in [-0.3, -0.25) is 4.55 Å².